The van der Waals surface area contributed by atoms with Crippen LogP contribution in [0.2, 0.25) is 0 Å². The molecule has 1 aromatic heterocycles. The molecule has 0 aliphatic rings. The third-order valence-electron chi connectivity index (χ3n) is 2.15. The summed E-state index contributed by atoms with van der Waals surface area (Å²) in [7, 11) is 0. The van der Waals surface area contributed by atoms with E-state index >= 15 is 0 Å². The normalized spacial score (nSPS) is 10.5. The predicted octanol–water partition coefficient (Wildman–Crippen LogP) is 3.89. The molecule has 0 aliphatic carbocycles. The van der Waals surface area contributed by atoms with Crippen molar-refractivity contribution in [2.24, 2.45) is 0 Å². The fraction of sp³-hybridized carbons (Fsp3) is 0. The first kappa shape index (κ1) is 9.36. The second kappa shape index (κ2) is 3.94. The van der Waals surface area contributed by atoms with Crippen LogP contribution < -0.4 is 4.74 Å². The summed E-state index contributed by atoms with van der Waals surface area (Å²) in [5.74, 6) is 0.696. The molecule has 3 heteroatoms. The van der Waals surface area contributed by atoms with Gasteiger partial charge in [0.25, 0.3) is 5.19 Å². The third kappa shape index (κ3) is 1.77. The summed E-state index contributed by atoms with van der Waals surface area (Å²) in [4.78, 5) is 4.38. The van der Waals surface area contributed by atoms with Gasteiger partial charge >= 0.3 is 0 Å². The van der Waals surface area contributed by atoms with Crippen molar-refractivity contribution in [1.82, 2.24) is 4.98 Å². The van der Waals surface area contributed by atoms with E-state index in [0.717, 1.165) is 10.2 Å². The molecule has 16 heavy (non-hydrogen) atoms. The van der Waals surface area contributed by atoms with Gasteiger partial charge in [0.05, 0.1) is 10.2 Å². The Morgan fingerprint density at radius 2 is 1.94 bits per heavy atom. The van der Waals surface area contributed by atoms with E-state index in [1.807, 2.05) is 48.5 Å². The van der Waals surface area contributed by atoms with Crippen LogP contribution in [-0.4, -0.2) is 4.98 Å². The lowest BCUT2D eigenvalue weighted by molar-refractivity contribution is 0.479. The summed E-state index contributed by atoms with van der Waals surface area (Å²) >= 11 is 1.54. The molecule has 2 nitrogen and oxygen atoms in total. The summed E-state index contributed by atoms with van der Waals surface area (Å²) < 4.78 is 6.75. The molecule has 0 aliphatic heterocycles. The van der Waals surface area contributed by atoms with Crippen LogP contribution in [0.5, 0.6) is 10.9 Å². The van der Waals surface area contributed by atoms with Gasteiger partial charge in [-0.25, -0.2) is 4.98 Å². The molecule has 2 aromatic carbocycles. The summed E-state index contributed by atoms with van der Waals surface area (Å²) in [6.07, 6.45) is 0. The Kier molecular flexibility index (Phi) is 2.31. The molecular weight excluding hydrogens is 218 g/mol. The van der Waals surface area contributed by atoms with Gasteiger partial charge in [-0.2, -0.15) is 0 Å². The Morgan fingerprint density at radius 1 is 1.06 bits per heavy atom. The molecule has 0 saturated carbocycles. The first-order chi connectivity index (χ1) is 7.92. The van der Waals surface area contributed by atoms with E-state index in [4.69, 9.17) is 4.74 Å². The predicted molar refractivity (Wildman–Crippen MR) is 65.0 cm³/mol. The van der Waals surface area contributed by atoms with Crippen LogP contribution in [0, 0.1) is 6.07 Å². The van der Waals surface area contributed by atoms with Crippen molar-refractivity contribution in [3.05, 3.63) is 54.6 Å². The molecule has 0 bridgehead atoms. The minimum Gasteiger partial charge on any atom is -0.430 e. The van der Waals surface area contributed by atoms with Crippen molar-refractivity contribution in [1.29, 1.82) is 0 Å². The summed E-state index contributed by atoms with van der Waals surface area (Å²) in [6.45, 7) is 0. The van der Waals surface area contributed by atoms with Crippen molar-refractivity contribution >= 4 is 21.6 Å². The number of hydrogen-bond donors (Lipinski definition) is 0. The minimum atomic E-state index is 0.656. The third-order valence-corrected chi connectivity index (χ3v) is 3.07. The van der Waals surface area contributed by atoms with Crippen molar-refractivity contribution < 1.29 is 4.74 Å². The molecule has 3 aromatic rings. The minimum absolute atomic E-state index is 0.656. The fourth-order valence-electron chi connectivity index (χ4n) is 1.43. The van der Waals surface area contributed by atoms with Gasteiger partial charge < -0.3 is 4.74 Å². The maximum absolute atomic E-state index is 5.62. The summed E-state index contributed by atoms with van der Waals surface area (Å²) in [6, 6.07) is 18.5. The number of thiazole rings is 1. The molecule has 1 radical (unpaired) electrons. The summed E-state index contributed by atoms with van der Waals surface area (Å²) in [5, 5.41) is 0.656. The molecule has 3 rings (SSSR count). The maximum atomic E-state index is 5.62. The van der Waals surface area contributed by atoms with Gasteiger partial charge in [0, 0.05) is 6.07 Å². The highest BCUT2D eigenvalue weighted by Gasteiger charge is 2.04. The Morgan fingerprint density at radius 3 is 2.75 bits per heavy atom. The first-order valence-electron chi connectivity index (χ1n) is 4.92. The molecule has 0 fully saturated rings. The molecule has 0 N–H and O–H groups in total. The van der Waals surface area contributed by atoms with E-state index in [1.54, 1.807) is 0 Å². The van der Waals surface area contributed by atoms with Crippen LogP contribution in [0.3, 0.4) is 0 Å². The zero-order valence-electron chi connectivity index (χ0n) is 8.38. The van der Waals surface area contributed by atoms with Gasteiger partial charge in [-0.05, 0) is 18.2 Å². The molecule has 0 spiro atoms. The highest BCUT2D eigenvalue weighted by atomic mass is 32.1. The van der Waals surface area contributed by atoms with Crippen molar-refractivity contribution in [2.45, 2.75) is 0 Å². The molecule has 0 unspecified atom stereocenters. The SMILES string of the molecule is [c]1ccccc1Oc1nc2ccccc2s1. The average Bonchev–Trinajstić information content (AvgIpc) is 2.72. The van der Waals surface area contributed by atoms with E-state index in [0.29, 0.717) is 10.9 Å². The molecule has 77 valence electrons. The van der Waals surface area contributed by atoms with Gasteiger partial charge in [0.1, 0.15) is 5.75 Å². The van der Waals surface area contributed by atoms with Crippen molar-refractivity contribution in [2.75, 3.05) is 0 Å². The second-order valence-electron chi connectivity index (χ2n) is 3.28. The van der Waals surface area contributed by atoms with Crippen LogP contribution in [0.15, 0.2) is 48.5 Å². The number of nitrogens with zero attached hydrogens (tertiary/aromatic N) is 1. The quantitative estimate of drug-likeness (QED) is 0.661. The number of benzene rings is 2. The van der Waals surface area contributed by atoms with Crippen molar-refractivity contribution in [3.63, 3.8) is 0 Å². The Labute approximate surface area is 97.1 Å². The molecule has 0 atom stereocenters. The lowest BCUT2D eigenvalue weighted by atomic mass is 10.3. The Hall–Kier alpha value is -1.87. The second-order valence-corrected chi connectivity index (χ2v) is 4.27. The van der Waals surface area contributed by atoms with Gasteiger partial charge in [-0.15, -0.1) is 0 Å². The van der Waals surface area contributed by atoms with Gasteiger partial charge in [-0.1, -0.05) is 41.7 Å². The number of aromatic nitrogens is 1. The van der Waals surface area contributed by atoms with Gasteiger partial charge in [0.2, 0.25) is 0 Å². The standard InChI is InChI=1S/C13H8NOS/c1-2-6-10(7-3-1)15-13-14-11-8-4-5-9-12(11)16-13/h1-6,8-9H. The van der Waals surface area contributed by atoms with Crippen molar-refractivity contribution in [3.8, 4) is 10.9 Å². The highest BCUT2D eigenvalue weighted by molar-refractivity contribution is 7.20. The zero-order valence-corrected chi connectivity index (χ0v) is 9.20. The van der Waals surface area contributed by atoms with Crippen LogP contribution in [0.1, 0.15) is 0 Å². The van der Waals surface area contributed by atoms with E-state index in [1.165, 1.54) is 11.3 Å². The number of para-hydroxylation sites is 2. The van der Waals surface area contributed by atoms with E-state index < -0.39 is 0 Å². The van der Waals surface area contributed by atoms with E-state index in [2.05, 4.69) is 11.1 Å². The first-order valence-corrected chi connectivity index (χ1v) is 5.73. The molecular formula is C13H8NOS. The van der Waals surface area contributed by atoms with Crippen LogP contribution >= 0.6 is 11.3 Å². The van der Waals surface area contributed by atoms with Gasteiger partial charge in [0.15, 0.2) is 0 Å². The Balaban J connectivity index is 1.95. The fourth-order valence-corrected chi connectivity index (χ4v) is 2.26. The maximum Gasteiger partial charge on any atom is 0.279 e. The van der Waals surface area contributed by atoms with Gasteiger partial charge in [-0.3, -0.25) is 0 Å². The lowest BCUT2D eigenvalue weighted by Crippen LogP contribution is -1.81. The monoisotopic (exact) mass is 226 g/mol. The Bertz CT molecular complexity index is 570. The molecule has 0 saturated heterocycles. The zero-order chi connectivity index (χ0) is 10.8. The van der Waals surface area contributed by atoms with E-state index in [9.17, 15) is 0 Å². The molecule has 0 amide bonds. The number of rotatable bonds is 2. The molecule has 1 heterocycles. The van der Waals surface area contributed by atoms with Crippen LogP contribution in [0.25, 0.3) is 10.2 Å². The topological polar surface area (TPSA) is 22.1 Å². The number of fused-ring (bicyclic) bond motifs is 1. The van der Waals surface area contributed by atoms with E-state index in [-0.39, 0.29) is 0 Å². The van der Waals surface area contributed by atoms with Crippen LogP contribution in [-0.2, 0) is 0 Å². The summed E-state index contributed by atoms with van der Waals surface area (Å²) in [5.41, 5.74) is 0.971. The average molecular weight is 226 g/mol. The highest BCUT2D eigenvalue weighted by Crippen LogP contribution is 2.30. The smallest absolute Gasteiger partial charge is 0.279 e. The lowest BCUT2D eigenvalue weighted by Gasteiger charge is -1.98. The number of ether oxygens (including phenoxy) is 1. The number of hydrogen-bond acceptors (Lipinski definition) is 3. The van der Waals surface area contributed by atoms with Crippen LogP contribution in [0.4, 0.5) is 0 Å². The largest absolute Gasteiger partial charge is 0.430 e.